The number of halogens is 4. The zero-order valence-corrected chi connectivity index (χ0v) is 13.8. The first-order chi connectivity index (χ1) is 12.9. The van der Waals surface area contributed by atoms with Gasteiger partial charge in [-0.3, -0.25) is 4.79 Å². The van der Waals surface area contributed by atoms with Crippen LogP contribution >= 0.6 is 0 Å². The quantitative estimate of drug-likeness (QED) is 0.389. The number of hydrogen-bond donors (Lipinski definition) is 3. The van der Waals surface area contributed by atoms with Crippen molar-refractivity contribution < 1.29 is 31.9 Å². The monoisotopic (exact) mass is 385 g/mol. The lowest BCUT2D eigenvalue weighted by atomic mass is 10.2. The van der Waals surface area contributed by atoms with Crippen molar-refractivity contribution in [3.8, 4) is 5.75 Å². The van der Waals surface area contributed by atoms with Crippen molar-refractivity contribution in [3.05, 3.63) is 59.7 Å². The molecule has 0 atom stereocenters. The summed E-state index contributed by atoms with van der Waals surface area (Å²) in [4.78, 5) is 23.1. The van der Waals surface area contributed by atoms with E-state index in [1.165, 1.54) is 18.2 Å². The molecule has 10 heteroatoms. The van der Waals surface area contributed by atoms with Gasteiger partial charge in [-0.05, 0) is 24.3 Å². The van der Waals surface area contributed by atoms with Crippen molar-refractivity contribution in [2.24, 2.45) is 0 Å². The summed E-state index contributed by atoms with van der Waals surface area (Å²) in [5.41, 5.74) is -0.551. The van der Waals surface area contributed by atoms with E-state index in [9.17, 15) is 27.2 Å². The van der Waals surface area contributed by atoms with Crippen molar-refractivity contribution in [2.45, 2.75) is 0 Å². The predicted molar refractivity (Wildman–Crippen MR) is 88.2 cm³/mol. The van der Waals surface area contributed by atoms with Gasteiger partial charge in [-0.25, -0.2) is 22.4 Å². The van der Waals surface area contributed by atoms with Crippen LogP contribution in [0.4, 0.5) is 28.0 Å². The van der Waals surface area contributed by atoms with Gasteiger partial charge < -0.3 is 20.7 Å². The molecule has 2 rings (SSSR count). The SMILES string of the molecule is O=C(CNC(=O)NCCOc1cccc(F)c1)Nc1ccc(F)c(F)c1F. The third-order valence-electron chi connectivity index (χ3n) is 3.17. The van der Waals surface area contributed by atoms with Crippen LogP contribution in [0.25, 0.3) is 0 Å². The Morgan fingerprint density at radius 3 is 2.48 bits per heavy atom. The summed E-state index contributed by atoms with van der Waals surface area (Å²) < 4.78 is 57.4. The molecule has 0 heterocycles. The average molecular weight is 385 g/mol. The fourth-order valence-corrected chi connectivity index (χ4v) is 1.93. The van der Waals surface area contributed by atoms with Crippen LogP contribution in [0, 0.1) is 23.3 Å². The van der Waals surface area contributed by atoms with Crippen LogP contribution in [0.2, 0.25) is 0 Å². The highest BCUT2D eigenvalue weighted by Crippen LogP contribution is 2.19. The third kappa shape index (κ3) is 6.17. The topological polar surface area (TPSA) is 79.5 Å². The molecule has 0 aliphatic rings. The van der Waals surface area contributed by atoms with E-state index in [-0.39, 0.29) is 13.2 Å². The molecule has 0 aromatic heterocycles. The zero-order chi connectivity index (χ0) is 19.8. The van der Waals surface area contributed by atoms with Gasteiger partial charge in [0.2, 0.25) is 5.91 Å². The molecular formula is C17H15F4N3O3. The number of anilines is 1. The second-order valence-electron chi connectivity index (χ2n) is 5.19. The van der Waals surface area contributed by atoms with Crippen molar-refractivity contribution in [2.75, 3.05) is 25.0 Å². The first kappa shape index (κ1) is 20.0. The first-order valence-corrected chi connectivity index (χ1v) is 7.70. The van der Waals surface area contributed by atoms with Crippen LogP contribution in [0.5, 0.6) is 5.75 Å². The molecule has 3 amide bonds. The Hall–Kier alpha value is -3.30. The molecule has 0 unspecified atom stereocenters. The van der Waals surface area contributed by atoms with Gasteiger partial charge in [-0.2, -0.15) is 0 Å². The van der Waals surface area contributed by atoms with E-state index >= 15 is 0 Å². The molecule has 0 saturated heterocycles. The number of hydrogen-bond acceptors (Lipinski definition) is 3. The highest BCUT2D eigenvalue weighted by molar-refractivity contribution is 5.94. The maximum atomic E-state index is 13.4. The molecule has 144 valence electrons. The van der Waals surface area contributed by atoms with Gasteiger partial charge in [0.25, 0.3) is 0 Å². The zero-order valence-electron chi connectivity index (χ0n) is 13.8. The molecule has 3 N–H and O–H groups in total. The van der Waals surface area contributed by atoms with E-state index in [0.29, 0.717) is 11.8 Å². The van der Waals surface area contributed by atoms with Crippen LogP contribution in [0.15, 0.2) is 36.4 Å². The van der Waals surface area contributed by atoms with Gasteiger partial charge in [0.05, 0.1) is 18.8 Å². The smallest absolute Gasteiger partial charge is 0.315 e. The second kappa shape index (κ2) is 9.41. The minimum absolute atomic E-state index is 0.0587. The number of carbonyl (C=O) groups is 2. The average Bonchev–Trinajstić information content (AvgIpc) is 2.64. The summed E-state index contributed by atoms with van der Waals surface area (Å²) in [7, 11) is 0. The maximum Gasteiger partial charge on any atom is 0.315 e. The summed E-state index contributed by atoms with van der Waals surface area (Å²) in [5.74, 6) is -5.64. The van der Waals surface area contributed by atoms with E-state index in [0.717, 1.165) is 6.07 Å². The largest absolute Gasteiger partial charge is 0.492 e. The Kier molecular flexibility index (Phi) is 6.98. The normalized spacial score (nSPS) is 10.2. The molecule has 0 radical (unpaired) electrons. The first-order valence-electron chi connectivity index (χ1n) is 7.70. The lowest BCUT2D eigenvalue weighted by Gasteiger charge is -2.10. The lowest BCUT2D eigenvalue weighted by Crippen LogP contribution is -2.41. The molecule has 2 aromatic rings. The minimum Gasteiger partial charge on any atom is -0.492 e. The number of carbonyl (C=O) groups excluding carboxylic acids is 2. The summed E-state index contributed by atoms with van der Waals surface area (Å²) in [6.45, 7) is -0.403. The molecular weight excluding hydrogens is 370 g/mol. The Balaban J connectivity index is 1.68. The summed E-state index contributed by atoms with van der Waals surface area (Å²) in [6.07, 6.45) is 0. The van der Waals surface area contributed by atoms with E-state index in [4.69, 9.17) is 4.74 Å². The highest BCUT2D eigenvalue weighted by Gasteiger charge is 2.15. The number of rotatable bonds is 7. The molecule has 0 bridgehead atoms. The predicted octanol–water partition coefficient (Wildman–Crippen LogP) is 2.56. The van der Waals surface area contributed by atoms with Crippen LogP contribution in [0.1, 0.15) is 0 Å². The Labute approximate surface area is 151 Å². The van der Waals surface area contributed by atoms with Gasteiger partial charge in [0.1, 0.15) is 18.2 Å². The molecule has 0 aliphatic carbocycles. The number of nitrogens with one attached hydrogen (secondary N) is 3. The van der Waals surface area contributed by atoms with Crippen molar-refractivity contribution in [1.29, 1.82) is 0 Å². The highest BCUT2D eigenvalue weighted by atomic mass is 19.2. The van der Waals surface area contributed by atoms with Crippen LogP contribution < -0.4 is 20.7 Å². The number of benzene rings is 2. The van der Waals surface area contributed by atoms with Crippen LogP contribution in [-0.2, 0) is 4.79 Å². The van der Waals surface area contributed by atoms with E-state index < -0.39 is 47.4 Å². The fourth-order valence-electron chi connectivity index (χ4n) is 1.93. The maximum absolute atomic E-state index is 13.4. The molecule has 6 nitrogen and oxygen atoms in total. The Bertz CT molecular complexity index is 833. The number of amides is 3. The molecule has 0 spiro atoms. The Morgan fingerprint density at radius 2 is 1.74 bits per heavy atom. The van der Waals surface area contributed by atoms with E-state index in [2.05, 4.69) is 10.6 Å². The number of urea groups is 1. The molecule has 2 aromatic carbocycles. The van der Waals surface area contributed by atoms with Crippen molar-refractivity contribution in [1.82, 2.24) is 10.6 Å². The molecule has 0 fully saturated rings. The second-order valence-corrected chi connectivity index (χ2v) is 5.19. The Morgan fingerprint density at radius 1 is 0.963 bits per heavy atom. The van der Waals surface area contributed by atoms with Gasteiger partial charge in [0, 0.05) is 6.07 Å². The summed E-state index contributed by atoms with van der Waals surface area (Å²) in [6, 6.07) is 6.27. The molecule has 0 saturated carbocycles. The van der Waals surface area contributed by atoms with Gasteiger partial charge in [-0.1, -0.05) is 6.07 Å². The van der Waals surface area contributed by atoms with E-state index in [1.54, 1.807) is 6.07 Å². The van der Waals surface area contributed by atoms with Crippen LogP contribution in [-0.4, -0.2) is 31.6 Å². The van der Waals surface area contributed by atoms with Gasteiger partial charge in [0.15, 0.2) is 17.5 Å². The third-order valence-corrected chi connectivity index (χ3v) is 3.17. The van der Waals surface area contributed by atoms with Gasteiger partial charge >= 0.3 is 6.03 Å². The fraction of sp³-hybridized carbons (Fsp3) is 0.176. The molecule has 0 aliphatic heterocycles. The lowest BCUT2D eigenvalue weighted by molar-refractivity contribution is -0.115. The van der Waals surface area contributed by atoms with Crippen molar-refractivity contribution in [3.63, 3.8) is 0 Å². The summed E-state index contributed by atoms with van der Waals surface area (Å²) >= 11 is 0. The summed E-state index contributed by atoms with van der Waals surface area (Å²) in [5, 5.41) is 6.57. The van der Waals surface area contributed by atoms with Gasteiger partial charge in [-0.15, -0.1) is 0 Å². The van der Waals surface area contributed by atoms with Crippen LogP contribution in [0.3, 0.4) is 0 Å². The number of ether oxygens (including phenoxy) is 1. The standard InChI is InChI=1S/C17H15F4N3O3/c18-10-2-1-3-11(8-10)27-7-6-22-17(26)23-9-14(25)24-13-5-4-12(19)15(20)16(13)21/h1-5,8H,6-7,9H2,(H,24,25)(H2,22,23,26). The molecule has 27 heavy (non-hydrogen) atoms. The van der Waals surface area contributed by atoms with Crippen molar-refractivity contribution >= 4 is 17.6 Å². The van der Waals surface area contributed by atoms with E-state index in [1.807, 2.05) is 5.32 Å². The minimum atomic E-state index is -1.71.